The average molecular weight is 211 g/mol. The molecule has 0 fully saturated rings. The van der Waals surface area contributed by atoms with Gasteiger partial charge in [-0.1, -0.05) is 0 Å². The van der Waals surface area contributed by atoms with Gasteiger partial charge in [0, 0.05) is 18.4 Å². The molecule has 0 saturated heterocycles. The van der Waals surface area contributed by atoms with Crippen LogP contribution < -0.4 is 0 Å². The lowest BCUT2D eigenvalue weighted by Crippen LogP contribution is -1.87. The quantitative estimate of drug-likeness (QED) is 0.717. The molecule has 0 bridgehead atoms. The summed E-state index contributed by atoms with van der Waals surface area (Å²) < 4.78 is 25.0. The van der Waals surface area contributed by atoms with Gasteiger partial charge in [0.15, 0.2) is 0 Å². The largest absolute Gasteiger partial charge is 0.467 e. The van der Waals surface area contributed by atoms with Gasteiger partial charge in [-0.2, -0.15) is 0 Å². The minimum absolute atomic E-state index is 0.0433. The second-order valence-corrected chi connectivity index (χ2v) is 4.69. The highest BCUT2D eigenvalue weighted by molar-refractivity contribution is 7.81. The fraction of sp³-hybridized carbons (Fsp3) is 0.333. The Kier molecular flexibility index (Phi) is 3.35. The van der Waals surface area contributed by atoms with Gasteiger partial charge in [-0.25, -0.2) is 4.57 Å². The van der Waals surface area contributed by atoms with Crippen molar-refractivity contribution >= 4 is 18.2 Å². The maximum absolute atomic E-state index is 11.0. The van der Waals surface area contributed by atoms with Crippen molar-refractivity contribution in [3.05, 3.63) is 24.2 Å². The van der Waals surface area contributed by atoms with Crippen LogP contribution in [0.3, 0.4) is 0 Å². The molecule has 1 rings (SSSR count). The third kappa shape index (κ3) is 2.99. The molecule has 0 N–H and O–H groups in total. The minimum atomic E-state index is -3.40. The summed E-state index contributed by atoms with van der Waals surface area (Å²) in [7, 11) is 1.22. The van der Waals surface area contributed by atoms with Crippen molar-refractivity contribution in [3.8, 4) is 0 Å². The lowest BCUT2D eigenvalue weighted by molar-refractivity contribution is 0.222. The first-order valence-corrected chi connectivity index (χ1v) is 5.61. The van der Waals surface area contributed by atoms with Crippen molar-refractivity contribution in [1.29, 1.82) is 0 Å². The van der Waals surface area contributed by atoms with Gasteiger partial charge in [-0.15, -0.1) is 0 Å². The van der Waals surface area contributed by atoms with E-state index in [1.54, 1.807) is 12.1 Å². The predicted octanol–water partition coefficient (Wildman–Crippen LogP) is 2.79. The van der Waals surface area contributed by atoms with Crippen LogP contribution in [-0.2, 0) is 20.2 Å². The maximum atomic E-state index is 11.0. The summed E-state index contributed by atoms with van der Waals surface area (Å²) in [6.07, 6.45) is 1.49. The fourth-order valence-electron chi connectivity index (χ4n) is 0.588. The third-order valence-corrected chi connectivity index (χ3v) is 2.74. The average Bonchev–Trinajstić information content (AvgIpc) is 2.53. The predicted molar refractivity (Wildman–Crippen MR) is 44.0 cm³/mol. The zero-order valence-electron chi connectivity index (χ0n) is 6.40. The van der Waals surface area contributed by atoms with E-state index in [0.717, 1.165) is 0 Å². The molecule has 0 aromatic carbocycles. The van der Waals surface area contributed by atoms with Crippen molar-refractivity contribution in [2.24, 2.45) is 0 Å². The standard InChI is InChI=1S/C6H8ClO4P/c1-9-12(7,8)11-5-6-3-2-4-10-6/h2-4H,5H2,1H3. The number of rotatable bonds is 4. The van der Waals surface area contributed by atoms with E-state index in [0.29, 0.717) is 5.76 Å². The fourth-order valence-corrected chi connectivity index (χ4v) is 1.12. The van der Waals surface area contributed by atoms with Crippen LogP contribution in [0.2, 0.25) is 0 Å². The highest BCUT2D eigenvalue weighted by atomic mass is 35.7. The molecule has 6 heteroatoms. The summed E-state index contributed by atoms with van der Waals surface area (Å²) in [5.74, 6) is 0.549. The Morgan fingerprint density at radius 1 is 1.75 bits per heavy atom. The van der Waals surface area contributed by atoms with Gasteiger partial charge >= 0.3 is 6.95 Å². The van der Waals surface area contributed by atoms with Crippen LogP contribution in [0.1, 0.15) is 5.76 Å². The topological polar surface area (TPSA) is 48.7 Å². The number of furan rings is 1. The van der Waals surface area contributed by atoms with Crippen LogP contribution >= 0.6 is 18.2 Å². The van der Waals surface area contributed by atoms with Crippen LogP contribution in [-0.4, -0.2) is 7.11 Å². The maximum Gasteiger partial charge on any atom is 0.424 e. The normalized spacial score (nSPS) is 15.8. The summed E-state index contributed by atoms with van der Waals surface area (Å²) >= 11 is 5.31. The molecule has 4 nitrogen and oxygen atoms in total. The van der Waals surface area contributed by atoms with Gasteiger partial charge < -0.3 is 8.94 Å². The van der Waals surface area contributed by atoms with E-state index < -0.39 is 6.95 Å². The van der Waals surface area contributed by atoms with Gasteiger partial charge in [0.25, 0.3) is 0 Å². The van der Waals surface area contributed by atoms with Gasteiger partial charge in [-0.3, -0.25) is 4.52 Å². The Morgan fingerprint density at radius 3 is 3.00 bits per heavy atom. The number of hydrogen-bond donors (Lipinski definition) is 0. The molecular formula is C6H8ClO4P. The molecule has 68 valence electrons. The SMILES string of the molecule is COP(=O)(Cl)OCc1ccco1. The molecule has 1 heterocycles. The van der Waals surface area contributed by atoms with E-state index in [1.165, 1.54) is 13.4 Å². The molecule has 0 saturated carbocycles. The van der Waals surface area contributed by atoms with E-state index in [9.17, 15) is 4.57 Å². The van der Waals surface area contributed by atoms with E-state index in [2.05, 4.69) is 4.52 Å². The Hall–Kier alpha value is -0.280. The molecule has 0 aliphatic heterocycles. The van der Waals surface area contributed by atoms with E-state index >= 15 is 0 Å². The summed E-state index contributed by atoms with van der Waals surface area (Å²) in [4.78, 5) is 0. The van der Waals surface area contributed by atoms with E-state index in [-0.39, 0.29) is 6.61 Å². The molecule has 1 aromatic rings. The lowest BCUT2D eigenvalue weighted by Gasteiger charge is -2.06. The van der Waals surface area contributed by atoms with E-state index in [1.807, 2.05) is 0 Å². The van der Waals surface area contributed by atoms with Crippen molar-refractivity contribution in [2.45, 2.75) is 6.61 Å². The minimum Gasteiger partial charge on any atom is -0.467 e. The zero-order chi connectivity index (χ0) is 9.03. The summed E-state index contributed by atoms with van der Waals surface area (Å²) in [6, 6.07) is 3.39. The molecule has 0 aliphatic rings. The van der Waals surface area contributed by atoms with Crippen LogP contribution in [0.15, 0.2) is 22.8 Å². The first kappa shape index (κ1) is 9.81. The zero-order valence-corrected chi connectivity index (χ0v) is 8.05. The smallest absolute Gasteiger partial charge is 0.424 e. The Bertz CT molecular complexity index is 271. The Balaban J connectivity index is 2.41. The van der Waals surface area contributed by atoms with Crippen LogP contribution in [0.4, 0.5) is 0 Å². The van der Waals surface area contributed by atoms with Crippen molar-refractivity contribution in [1.82, 2.24) is 0 Å². The first-order chi connectivity index (χ1) is 5.64. The van der Waals surface area contributed by atoms with Crippen molar-refractivity contribution < 1.29 is 18.0 Å². The molecule has 0 radical (unpaired) electrons. The summed E-state index contributed by atoms with van der Waals surface area (Å²) in [6.45, 7) is -3.36. The molecule has 0 amide bonds. The summed E-state index contributed by atoms with van der Waals surface area (Å²) in [5.41, 5.74) is 0. The monoisotopic (exact) mass is 210 g/mol. The van der Waals surface area contributed by atoms with Crippen molar-refractivity contribution in [3.63, 3.8) is 0 Å². The van der Waals surface area contributed by atoms with Crippen LogP contribution in [0.25, 0.3) is 0 Å². The van der Waals surface area contributed by atoms with Gasteiger partial charge in [-0.05, 0) is 12.1 Å². The first-order valence-electron chi connectivity index (χ1n) is 3.16. The highest BCUT2D eigenvalue weighted by Crippen LogP contribution is 2.53. The second-order valence-electron chi connectivity index (χ2n) is 1.97. The van der Waals surface area contributed by atoms with Gasteiger partial charge in [0.2, 0.25) is 0 Å². The molecule has 1 atom stereocenters. The summed E-state index contributed by atoms with van der Waals surface area (Å²) in [5, 5.41) is 0. The number of hydrogen-bond acceptors (Lipinski definition) is 4. The van der Waals surface area contributed by atoms with Gasteiger partial charge in [0.05, 0.1) is 6.26 Å². The molecule has 12 heavy (non-hydrogen) atoms. The molecular weight excluding hydrogens is 202 g/mol. The molecule has 1 unspecified atom stereocenters. The van der Waals surface area contributed by atoms with E-state index in [4.69, 9.17) is 20.2 Å². The van der Waals surface area contributed by atoms with Crippen LogP contribution in [0.5, 0.6) is 0 Å². The van der Waals surface area contributed by atoms with Crippen molar-refractivity contribution in [2.75, 3.05) is 7.11 Å². The second kappa shape index (κ2) is 4.10. The van der Waals surface area contributed by atoms with Crippen LogP contribution in [0, 0.1) is 0 Å². The molecule has 0 aliphatic carbocycles. The third-order valence-electron chi connectivity index (χ3n) is 1.16. The molecule has 1 aromatic heterocycles. The highest BCUT2D eigenvalue weighted by Gasteiger charge is 2.18. The number of halogens is 1. The Labute approximate surface area is 74.7 Å². The Morgan fingerprint density at radius 2 is 2.50 bits per heavy atom. The lowest BCUT2D eigenvalue weighted by atomic mass is 10.5. The van der Waals surface area contributed by atoms with Gasteiger partial charge in [0.1, 0.15) is 12.4 Å². The molecule has 0 spiro atoms.